The van der Waals surface area contributed by atoms with Gasteiger partial charge in [-0.25, -0.2) is 19.3 Å². The second kappa shape index (κ2) is 13.7. The number of carbonyl (C=O) groups excluding carboxylic acids is 3. The number of hydrogen-bond donors (Lipinski definition) is 1. The van der Waals surface area contributed by atoms with E-state index in [1.54, 1.807) is 36.4 Å². The summed E-state index contributed by atoms with van der Waals surface area (Å²) >= 11 is 3.42. The molecule has 1 unspecified atom stereocenters. The number of ketones is 1. The highest BCUT2D eigenvalue weighted by Gasteiger charge is 2.66. The van der Waals surface area contributed by atoms with Crippen LogP contribution >= 0.6 is 15.9 Å². The summed E-state index contributed by atoms with van der Waals surface area (Å²) in [5, 5.41) is 8.02. The van der Waals surface area contributed by atoms with E-state index in [1.165, 1.54) is 11.6 Å². The third-order valence-electron chi connectivity index (χ3n) is 10.2. The number of aryl methyl sites for hydroxylation is 1. The quantitative estimate of drug-likeness (QED) is 0.182. The monoisotopic (exact) mass is 731 g/mol. The molecule has 2 bridgehead atoms. The van der Waals surface area contributed by atoms with E-state index < -0.39 is 12.7 Å². The second-order valence-corrected chi connectivity index (χ2v) is 14.4. The molecule has 1 saturated heterocycles. The maximum absolute atomic E-state index is 14.7. The van der Waals surface area contributed by atoms with Gasteiger partial charge in [0.1, 0.15) is 41.2 Å². The number of benzene rings is 1. The summed E-state index contributed by atoms with van der Waals surface area (Å²) in [6.07, 6.45) is 11.0. The molecule has 1 aromatic carbocycles. The van der Waals surface area contributed by atoms with Crippen LogP contribution in [0.3, 0.4) is 0 Å². The number of hydrogen-bond acceptors (Lipinski definition) is 8. The van der Waals surface area contributed by atoms with Gasteiger partial charge in [-0.05, 0) is 77.7 Å². The number of likely N-dealkylation sites (tertiary alicyclic amines) is 1. The first-order valence-corrected chi connectivity index (χ1v) is 17.7. The normalized spacial score (nSPS) is 22.8. The Morgan fingerprint density at radius 3 is 2.63 bits per heavy atom. The van der Waals surface area contributed by atoms with Gasteiger partial charge in [0, 0.05) is 54.0 Å². The van der Waals surface area contributed by atoms with Crippen molar-refractivity contribution in [3.8, 4) is 11.1 Å². The Labute approximate surface area is 292 Å². The Kier molecular flexibility index (Phi) is 9.31. The molecule has 4 aromatic rings. The van der Waals surface area contributed by atoms with E-state index in [1.807, 2.05) is 12.1 Å². The Hall–Kier alpha value is -4.10. The van der Waals surface area contributed by atoms with Gasteiger partial charge in [0.2, 0.25) is 11.8 Å². The lowest BCUT2D eigenvalue weighted by Gasteiger charge is -2.27. The summed E-state index contributed by atoms with van der Waals surface area (Å²) in [5.74, 6) is 0.103. The van der Waals surface area contributed by atoms with Crippen LogP contribution < -0.4 is 5.32 Å². The number of anilines is 1. The second-order valence-electron chi connectivity index (χ2n) is 13.6. The Morgan fingerprint density at radius 1 is 1.08 bits per heavy atom. The maximum atomic E-state index is 14.7. The van der Waals surface area contributed by atoms with Crippen LogP contribution in [0.4, 0.5) is 10.2 Å². The lowest BCUT2D eigenvalue weighted by Crippen LogP contribution is -2.47. The lowest BCUT2D eigenvalue weighted by atomic mass is 9.92. The minimum Gasteiger partial charge on any atom is -0.377 e. The average Bonchev–Trinajstić information content (AvgIpc) is 3.49. The van der Waals surface area contributed by atoms with Gasteiger partial charge in [-0.15, -0.1) is 0 Å². The van der Waals surface area contributed by atoms with Crippen LogP contribution in [-0.4, -0.2) is 65.9 Å². The van der Waals surface area contributed by atoms with Crippen LogP contribution in [0.5, 0.6) is 0 Å². The SMILES string of the molecule is CC(=O)c1nn(CC(=O)N2C3C[C@@]34CCCCCCCOCc3ccc(Br)nc3NC(=O)[C@@H]2C4)c2c(CF)cc(-c3cnc(C)nc3)cc12. The third-order valence-corrected chi connectivity index (χ3v) is 10.7. The smallest absolute Gasteiger partial charge is 0.248 e. The maximum Gasteiger partial charge on any atom is 0.248 e. The minimum absolute atomic E-state index is 0.0763. The molecule has 1 spiro atoms. The van der Waals surface area contributed by atoms with E-state index in [0.29, 0.717) is 63.5 Å². The number of rotatable bonds is 5. The molecule has 1 saturated carbocycles. The zero-order chi connectivity index (χ0) is 34.3. The third kappa shape index (κ3) is 6.62. The van der Waals surface area contributed by atoms with Crippen molar-refractivity contribution in [2.45, 2.75) is 97.1 Å². The average molecular weight is 733 g/mol. The van der Waals surface area contributed by atoms with Crippen molar-refractivity contribution >= 4 is 50.2 Å². The van der Waals surface area contributed by atoms with Gasteiger partial charge in [0.25, 0.3) is 0 Å². The predicted octanol–water partition coefficient (Wildman–Crippen LogP) is 6.50. The summed E-state index contributed by atoms with van der Waals surface area (Å²) in [5.41, 5.74) is 2.80. The van der Waals surface area contributed by atoms with Gasteiger partial charge in [-0.3, -0.25) is 19.1 Å². The Balaban J connectivity index is 1.22. The molecule has 3 aliphatic rings. The Bertz CT molecular complexity index is 1930. The molecule has 0 radical (unpaired) electrons. The number of fused-ring (bicyclic) bond motifs is 3. The zero-order valence-corrected chi connectivity index (χ0v) is 29.3. The molecule has 3 atom stereocenters. The molecule has 2 amide bonds. The number of carbonyl (C=O) groups is 3. The van der Waals surface area contributed by atoms with E-state index in [9.17, 15) is 18.8 Å². The highest BCUT2D eigenvalue weighted by molar-refractivity contribution is 9.10. The van der Waals surface area contributed by atoms with Crippen molar-refractivity contribution in [3.05, 3.63) is 63.9 Å². The first-order chi connectivity index (χ1) is 23.7. The summed E-state index contributed by atoms with van der Waals surface area (Å²) in [6, 6.07) is 6.36. The zero-order valence-electron chi connectivity index (χ0n) is 27.7. The molecule has 49 heavy (non-hydrogen) atoms. The van der Waals surface area contributed by atoms with Crippen LogP contribution in [-0.2, 0) is 34.2 Å². The number of nitrogens with one attached hydrogen (secondary N) is 1. The topological polar surface area (TPSA) is 132 Å². The summed E-state index contributed by atoms with van der Waals surface area (Å²) in [7, 11) is 0. The molecule has 2 fully saturated rings. The van der Waals surface area contributed by atoms with Gasteiger partial charge in [0.05, 0.1) is 12.1 Å². The number of ether oxygens (including phenoxy) is 1. The van der Waals surface area contributed by atoms with Gasteiger partial charge in [-0.2, -0.15) is 5.10 Å². The van der Waals surface area contributed by atoms with E-state index in [2.05, 4.69) is 41.3 Å². The standard InChI is InChI=1S/C36H39BrFN7O4/c1-21(46)32-27-13-24(26-17-39-22(2)40-18-26)12-25(16-38)33(27)44(43-32)19-31(47)45-28-14-36(15-29(36)45)10-6-4-3-5-7-11-49-20-23-8-9-30(37)41-34(23)42-35(28)48/h8-9,12-13,17-18,28-29H,3-7,10-11,14-16,19-20H2,1-2H3,(H,41,42,48)/t28-,29?,36-/m0/s1. The van der Waals surface area contributed by atoms with Gasteiger partial charge in [0.15, 0.2) is 5.78 Å². The lowest BCUT2D eigenvalue weighted by molar-refractivity contribution is -0.138. The fraction of sp³-hybridized carbons (Fsp3) is 0.472. The molecule has 11 nitrogen and oxygen atoms in total. The summed E-state index contributed by atoms with van der Waals surface area (Å²) in [6.45, 7) is 3.06. The molecule has 7 rings (SSSR count). The first-order valence-electron chi connectivity index (χ1n) is 16.9. The van der Waals surface area contributed by atoms with Crippen LogP contribution in [0.1, 0.15) is 85.7 Å². The van der Waals surface area contributed by atoms with Gasteiger partial charge < -0.3 is 15.0 Å². The van der Waals surface area contributed by atoms with Crippen molar-refractivity contribution < 1.29 is 23.5 Å². The number of nitrogens with zero attached hydrogens (tertiary/aromatic N) is 6. The fourth-order valence-corrected chi connectivity index (χ4v) is 7.97. The van der Waals surface area contributed by atoms with Crippen molar-refractivity contribution in [1.82, 2.24) is 29.6 Å². The van der Waals surface area contributed by atoms with Crippen LogP contribution in [0.25, 0.3) is 22.0 Å². The number of pyridine rings is 1. The largest absolute Gasteiger partial charge is 0.377 e. The molecular weight excluding hydrogens is 693 g/mol. The van der Waals surface area contributed by atoms with Crippen LogP contribution in [0, 0.1) is 12.3 Å². The van der Waals surface area contributed by atoms with E-state index in [4.69, 9.17) is 4.74 Å². The van der Waals surface area contributed by atoms with Crippen molar-refractivity contribution in [2.75, 3.05) is 11.9 Å². The highest BCUT2D eigenvalue weighted by Crippen LogP contribution is 2.62. The first kappa shape index (κ1) is 33.4. The Morgan fingerprint density at radius 2 is 1.86 bits per heavy atom. The minimum atomic E-state index is -0.833. The van der Waals surface area contributed by atoms with E-state index in [-0.39, 0.29) is 41.3 Å². The molecule has 1 N–H and O–H groups in total. The number of alkyl halides is 1. The van der Waals surface area contributed by atoms with Crippen LogP contribution in [0.2, 0.25) is 0 Å². The van der Waals surface area contributed by atoms with Crippen molar-refractivity contribution in [1.29, 1.82) is 0 Å². The number of aromatic nitrogens is 5. The molecular formula is C36H39BrFN7O4. The number of piperidine rings is 1. The molecule has 2 aliphatic heterocycles. The van der Waals surface area contributed by atoms with E-state index >= 15 is 0 Å². The fourth-order valence-electron chi connectivity index (χ4n) is 7.66. The summed E-state index contributed by atoms with van der Waals surface area (Å²) in [4.78, 5) is 56.0. The van der Waals surface area contributed by atoms with E-state index in [0.717, 1.165) is 50.5 Å². The van der Waals surface area contributed by atoms with Gasteiger partial charge >= 0.3 is 0 Å². The van der Waals surface area contributed by atoms with Crippen LogP contribution in [0.15, 0.2) is 41.3 Å². The molecule has 13 heteroatoms. The van der Waals surface area contributed by atoms with Gasteiger partial charge in [-0.1, -0.05) is 31.7 Å². The number of Topliss-reactive ketones (excluding diaryl/α,β-unsaturated/α-hetero) is 1. The number of halogens is 2. The molecule has 5 heterocycles. The predicted molar refractivity (Wildman–Crippen MR) is 184 cm³/mol. The van der Waals surface area contributed by atoms with Crippen molar-refractivity contribution in [2.24, 2.45) is 5.41 Å². The van der Waals surface area contributed by atoms with Crippen molar-refractivity contribution in [3.63, 3.8) is 0 Å². The summed E-state index contributed by atoms with van der Waals surface area (Å²) < 4.78 is 22.6. The highest BCUT2D eigenvalue weighted by atomic mass is 79.9. The number of amides is 2. The molecule has 3 aromatic heterocycles. The molecule has 1 aliphatic carbocycles. The molecule has 256 valence electrons.